The first-order chi connectivity index (χ1) is 13.4. The van der Waals surface area contributed by atoms with Crippen LogP contribution in [0, 0.1) is 5.92 Å². The summed E-state index contributed by atoms with van der Waals surface area (Å²) in [6.07, 6.45) is 25.7. The predicted octanol–water partition coefficient (Wildman–Crippen LogP) is 5.78. The predicted molar refractivity (Wildman–Crippen MR) is 121 cm³/mol. The van der Waals surface area contributed by atoms with Gasteiger partial charge in [-0.1, -0.05) is 89.9 Å². The van der Waals surface area contributed by atoms with Crippen molar-refractivity contribution in [2.75, 3.05) is 32.7 Å². The molecule has 1 rings (SSSR count). The summed E-state index contributed by atoms with van der Waals surface area (Å²) in [7, 11) is 0. The van der Waals surface area contributed by atoms with Crippen LogP contribution in [0.25, 0.3) is 0 Å². The highest BCUT2D eigenvalue weighted by molar-refractivity contribution is 4.64. The third kappa shape index (κ3) is 17.7. The summed E-state index contributed by atoms with van der Waals surface area (Å²) in [5, 5.41) is 7.21. The fourth-order valence-corrected chi connectivity index (χ4v) is 4.36. The van der Waals surface area contributed by atoms with Gasteiger partial charge in [-0.3, -0.25) is 0 Å². The quantitative estimate of drug-likeness (QED) is 0.398. The van der Waals surface area contributed by atoms with Crippen molar-refractivity contribution in [2.24, 2.45) is 11.7 Å². The van der Waals surface area contributed by atoms with Crippen molar-refractivity contribution in [3.63, 3.8) is 0 Å². The zero-order valence-electron chi connectivity index (χ0n) is 18.4. The molecule has 0 bridgehead atoms. The molecule has 0 radical (unpaired) electrons. The molecule has 0 amide bonds. The largest absolute Gasteiger partial charge is 0.330 e. The van der Waals surface area contributed by atoms with Crippen LogP contribution in [-0.4, -0.2) is 32.7 Å². The first-order valence-electron chi connectivity index (χ1n) is 12.5. The van der Waals surface area contributed by atoms with E-state index in [0.717, 1.165) is 38.5 Å². The van der Waals surface area contributed by atoms with E-state index in [1.54, 1.807) is 0 Å². The van der Waals surface area contributed by atoms with Crippen molar-refractivity contribution in [1.82, 2.24) is 10.6 Å². The minimum Gasteiger partial charge on any atom is -0.330 e. The Balaban J connectivity index is 2.04. The molecule has 0 aromatic heterocycles. The Morgan fingerprint density at radius 3 is 1.48 bits per heavy atom. The van der Waals surface area contributed by atoms with Crippen LogP contribution >= 0.6 is 0 Å². The zero-order chi connectivity index (χ0) is 19.3. The first-order valence-corrected chi connectivity index (χ1v) is 12.5. The molecule has 27 heavy (non-hydrogen) atoms. The minimum atomic E-state index is 0.824. The lowest BCUT2D eigenvalue weighted by molar-refractivity contribution is 0.373. The molecule has 0 saturated heterocycles. The van der Waals surface area contributed by atoms with E-state index in [4.69, 9.17) is 5.73 Å². The summed E-state index contributed by atoms with van der Waals surface area (Å²) in [6.45, 7) is 5.47. The van der Waals surface area contributed by atoms with Crippen molar-refractivity contribution < 1.29 is 0 Å². The Kier molecular flexibility index (Phi) is 19.0. The van der Waals surface area contributed by atoms with Crippen LogP contribution < -0.4 is 16.4 Å². The molecule has 0 heterocycles. The molecule has 0 aliphatic heterocycles. The molecule has 1 fully saturated rings. The monoisotopic (exact) mass is 381 g/mol. The maximum Gasteiger partial charge on any atom is -0.00368 e. The van der Waals surface area contributed by atoms with E-state index >= 15 is 0 Å². The van der Waals surface area contributed by atoms with Crippen molar-refractivity contribution >= 4 is 0 Å². The average molecular weight is 382 g/mol. The van der Waals surface area contributed by atoms with Crippen molar-refractivity contribution in [2.45, 2.75) is 116 Å². The Labute approximate surface area is 171 Å². The van der Waals surface area contributed by atoms with Gasteiger partial charge in [0.05, 0.1) is 0 Å². The highest BCUT2D eigenvalue weighted by Gasteiger charge is 2.09. The number of hydrogen-bond donors (Lipinski definition) is 3. The Hall–Kier alpha value is -0.120. The SMILES string of the molecule is NCCCCNCCCNCCC1CCCCCCCCCCCCCC1. The van der Waals surface area contributed by atoms with Crippen molar-refractivity contribution in [3.05, 3.63) is 0 Å². The molecule has 1 aliphatic rings. The van der Waals surface area contributed by atoms with E-state index in [0.29, 0.717) is 0 Å². The molecule has 4 N–H and O–H groups in total. The second-order valence-corrected chi connectivity index (χ2v) is 8.82. The number of nitrogens with one attached hydrogen (secondary N) is 2. The summed E-state index contributed by atoms with van der Waals surface area (Å²) in [4.78, 5) is 0. The maximum absolute atomic E-state index is 5.52. The molecule has 3 heteroatoms. The molecular formula is C24H51N3. The van der Waals surface area contributed by atoms with Gasteiger partial charge in [-0.05, 0) is 64.3 Å². The summed E-state index contributed by atoms with van der Waals surface area (Å²) in [6, 6.07) is 0. The lowest BCUT2D eigenvalue weighted by atomic mass is 9.91. The average Bonchev–Trinajstić information content (AvgIpc) is 2.69. The molecule has 0 aromatic carbocycles. The van der Waals surface area contributed by atoms with Crippen molar-refractivity contribution in [1.29, 1.82) is 0 Å². The highest BCUT2D eigenvalue weighted by Crippen LogP contribution is 2.22. The highest BCUT2D eigenvalue weighted by atomic mass is 14.9. The van der Waals surface area contributed by atoms with Gasteiger partial charge >= 0.3 is 0 Å². The molecule has 0 atom stereocenters. The zero-order valence-corrected chi connectivity index (χ0v) is 18.4. The molecule has 1 saturated carbocycles. The first kappa shape index (κ1) is 24.9. The smallest absolute Gasteiger partial charge is 0.00368 e. The van der Waals surface area contributed by atoms with Gasteiger partial charge in [0.25, 0.3) is 0 Å². The standard InChI is InChI=1S/C24H51N3/c25-19-13-14-20-26-21-15-22-27-23-18-24-16-11-9-7-5-3-1-2-4-6-8-10-12-17-24/h24,26-27H,1-23,25H2. The number of unbranched alkanes of at least 4 members (excludes halogenated alkanes) is 1. The third-order valence-corrected chi connectivity index (χ3v) is 6.22. The summed E-state index contributed by atoms with van der Waals surface area (Å²) < 4.78 is 0. The van der Waals surface area contributed by atoms with Crippen LogP contribution in [-0.2, 0) is 0 Å². The summed E-state index contributed by atoms with van der Waals surface area (Å²) in [5.74, 6) is 0.969. The molecular weight excluding hydrogens is 330 g/mol. The number of hydrogen-bond acceptors (Lipinski definition) is 3. The number of rotatable bonds is 11. The van der Waals surface area contributed by atoms with Crippen LogP contribution in [0.2, 0.25) is 0 Å². The lowest BCUT2D eigenvalue weighted by Gasteiger charge is -2.17. The van der Waals surface area contributed by atoms with Crippen LogP contribution in [0.5, 0.6) is 0 Å². The normalized spacial score (nSPS) is 19.4. The van der Waals surface area contributed by atoms with Crippen LogP contribution in [0.4, 0.5) is 0 Å². The van der Waals surface area contributed by atoms with Crippen molar-refractivity contribution in [3.8, 4) is 0 Å². The minimum absolute atomic E-state index is 0.824. The Bertz CT molecular complexity index is 267. The molecule has 3 nitrogen and oxygen atoms in total. The van der Waals surface area contributed by atoms with Gasteiger partial charge in [0.1, 0.15) is 0 Å². The van der Waals surface area contributed by atoms with Crippen LogP contribution in [0.3, 0.4) is 0 Å². The van der Waals surface area contributed by atoms with Gasteiger partial charge in [-0.15, -0.1) is 0 Å². The second kappa shape index (κ2) is 20.6. The number of nitrogens with two attached hydrogens (primary N) is 1. The topological polar surface area (TPSA) is 50.1 Å². The summed E-state index contributed by atoms with van der Waals surface area (Å²) in [5.41, 5.74) is 5.52. The van der Waals surface area contributed by atoms with E-state index in [-0.39, 0.29) is 0 Å². The van der Waals surface area contributed by atoms with Crippen LogP contribution in [0.1, 0.15) is 116 Å². The molecule has 0 aromatic rings. The fourth-order valence-electron chi connectivity index (χ4n) is 4.36. The van der Waals surface area contributed by atoms with Gasteiger partial charge < -0.3 is 16.4 Å². The van der Waals surface area contributed by atoms with E-state index in [2.05, 4.69) is 10.6 Å². The van der Waals surface area contributed by atoms with Gasteiger partial charge in [0.2, 0.25) is 0 Å². The summed E-state index contributed by atoms with van der Waals surface area (Å²) >= 11 is 0. The lowest BCUT2D eigenvalue weighted by Crippen LogP contribution is -2.24. The van der Waals surface area contributed by atoms with Gasteiger partial charge in [-0.2, -0.15) is 0 Å². The van der Waals surface area contributed by atoms with Gasteiger partial charge in [-0.25, -0.2) is 0 Å². The third-order valence-electron chi connectivity index (χ3n) is 6.22. The molecule has 0 unspecified atom stereocenters. The fraction of sp³-hybridized carbons (Fsp3) is 1.00. The van der Waals surface area contributed by atoms with E-state index < -0.39 is 0 Å². The van der Waals surface area contributed by atoms with Crippen LogP contribution in [0.15, 0.2) is 0 Å². The van der Waals surface area contributed by atoms with E-state index in [1.165, 1.54) is 116 Å². The van der Waals surface area contributed by atoms with Gasteiger partial charge in [0, 0.05) is 0 Å². The van der Waals surface area contributed by atoms with E-state index in [9.17, 15) is 0 Å². The molecule has 162 valence electrons. The van der Waals surface area contributed by atoms with E-state index in [1.807, 2.05) is 0 Å². The maximum atomic E-state index is 5.52. The second-order valence-electron chi connectivity index (χ2n) is 8.82. The Morgan fingerprint density at radius 2 is 0.963 bits per heavy atom. The molecule has 1 aliphatic carbocycles. The Morgan fingerprint density at radius 1 is 0.519 bits per heavy atom. The molecule has 0 spiro atoms. The van der Waals surface area contributed by atoms with Gasteiger partial charge in [0.15, 0.2) is 0 Å².